The molecule has 20 heavy (non-hydrogen) atoms. The lowest BCUT2D eigenvalue weighted by Gasteiger charge is -2.06. The third kappa shape index (κ3) is 2.19. The molecule has 0 aliphatic carbocycles. The Labute approximate surface area is 115 Å². The number of hydrogen-bond acceptors (Lipinski definition) is 3. The van der Waals surface area contributed by atoms with Crippen LogP contribution in [0.3, 0.4) is 0 Å². The van der Waals surface area contributed by atoms with E-state index < -0.39 is 5.82 Å². The molecule has 0 amide bonds. The van der Waals surface area contributed by atoms with E-state index in [1.165, 1.54) is 12.1 Å². The number of aromatic nitrogens is 2. The molecule has 2 aromatic heterocycles. The highest BCUT2D eigenvalue weighted by Crippen LogP contribution is 2.16. The molecule has 0 aliphatic heterocycles. The molecule has 0 atom stereocenters. The Kier molecular flexibility index (Phi) is 3.05. The molecule has 5 heteroatoms. The van der Waals surface area contributed by atoms with Gasteiger partial charge < -0.3 is 5.32 Å². The summed E-state index contributed by atoms with van der Waals surface area (Å²) in [6.45, 7) is 0.560. The fraction of sp³-hybridized carbons (Fsp3) is 0.0667. The smallest absolute Gasteiger partial charge is 0.141 e. The van der Waals surface area contributed by atoms with Crippen LogP contribution in [0.1, 0.15) is 11.1 Å². The van der Waals surface area contributed by atoms with Crippen LogP contribution in [0.2, 0.25) is 0 Å². The lowest BCUT2D eigenvalue weighted by atomic mass is 10.2. The number of nitriles is 1. The van der Waals surface area contributed by atoms with Gasteiger partial charge in [-0.3, -0.25) is 0 Å². The summed E-state index contributed by atoms with van der Waals surface area (Å²) in [5.74, 6) is -0.506. The summed E-state index contributed by atoms with van der Waals surface area (Å²) in [6.07, 6.45) is 3.67. The average molecular weight is 266 g/mol. The first kappa shape index (κ1) is 12.2. The summed E-state index contributed by atoms with van der Waals surface area (Å²) in [4.78, 5) is 0. The maximum atomic E-state index is 13.2. The fourth-order valence-electron chi connectivity index (χ4n) is 2.04. The van der Waals surface area contributed by atoms with Crippen LogP contribution in [0.4, 0.5) is 10.1 Å². The molecule has 4 nitrogen and oxygen atoms in total. The monoisotopic (exact) mass is 266 g/mol. The van der Waals surface area contributed by atoms with Crippen molar-refractivity contribution in [2.45, 2.75) is 6.54 Å². The largest absolute Gasteiger partial charge is 0.381 e. The molecule has 0 fully saturated rings. The predicted octanol–water partition coefficient (Wildman–Crippen LogP) is 2.96. The van der Waals surface area contributed by atoms with E-state index in [1.807, 2.05) is 30.5 Å². The second-order valence-corrected chi connectivity index (χ2v) is 4.36. The van der Waals surface area contributed by atoms with Crippen LogP contribution in [0.5, 0.6) is 0 Å². The molecule has 0 aliphatic rings. The number of halogens is 1. The number of anilines is 1. The lowest BCUT2D eigenvalue weighted by molar-refractivity contribution is 0.624. The van der Waals surface area contributed by atoms with Crippen molar-refractivity contribution in [2.75, 3.05) is 5.32 Å². The molecule has 1 aromatic carbocycles. The van der Waals surface area contributed by atoms with Gasteiger partial charge in [0.1, 0.15) is 11.9 Å². The Hall–Kier alpha value is -2.87. The lowest BCUT2D eigenvalue weighted by Crippen LogP contribution is -2.00. The van der Waals surface area contributed by atoms with E-state index >= 15 is 0 Å². The molecule has 3 aromatic rings. The van der Waals surface area contributed by atoms with Crippen molar-refractivity contribution in [3.63, 3.8) is 0 Å². The molecule has 3 rings (SSSR count). The minimum atomic E-state index is -0.506. The van der Waals surface area contributed by atoms with Gasteiger partial charge in [-0.1, -0.05) is 6.07 Å². The van der Waals surface area contributed by atoms with Crippen molar-refractivity contribution in [1.29, 1.82) is 5.26 Å². The van der Waals surface area contributed by atoms with E-state index in [4.69, 9.17) is 5.26 Å². The molecular weight excluding hydrogens is 255 g/mol. The number of fused-ring (bicyclic) bond motifs is 1. The van der Waals surface area contributed by atoms with Gasteiger partial charge in [0.2, 0.25) is 0 Å². The minimum Gasteiger partial charge on any atom is -0.381 e. The topological polar surface area (TPSA) is 53.1 Å². The van der Waals surface area contributed by atoms with Crippen LogP contribution in [0.15, 0.2) is 48.8 Å². The third-order valence-corrected chi connectivity index (χ3v) is 3.08. The molecule has 98 valence electrons. The normalized spacial score (nSPS) is 10.4. The standard InChI is InChI=1S/C15H11FN4/c16-14-5-4-13(7-11(14)8-17)18-9-12-10-19-20-6-2-1-3-15(12)20/h1-7,10,18H,9H2. The molecule has 0 saturated carbocycles. The van der Waals surface area contributed by atoms with Crippen molar-refractivity contribution in [3.8, 4) is 6.07 Å². The Morgan fingerprint density at radius 3 is 3.05 bits per heavy atom. The Balaban J connectivity index is 1.81. The molecule has 0 unspecified atom stereocenters. The van der Waals surface area contributed by atoms with E-state index in [9.17, 15) is 4.39 Å². The summed E-state index contributed by atoms with van der Waals surface area (Å²) >= 11 is 0. The van der Waals surface area contributed by atoms with Gasteiger partial charge in [-0.2, -0.15) is 10.4 Å². The van der Waals surface area contributed by atoms with Gasteiger partial charge in [0.05, 0.1) is 17.3 Å². The minimum absolute atomic E-state index is 0.0369. The van der Waals surface area contributed by atoms with E-state index in [0.29, 0.717) is 12.2 Å². The summed E-state index contributed by atoms with van der Waals surface area (Å²) in [6, 6.07) is 12.1. The highest BCUT2D eigenvalue weighted by molar-refractivity contribution is 5.56. The van der Waals surface area contributed by atoms with Crippen LogP contribution in [0, 0.1) is 17.1 Å². The van der Waals surface area contributed by atoms with Crippen molar-refractivity contribution >= 4 is 11.2 Å². The van der Waals surface area contributed by atoms with Gasteiger partial charge in [0.25, 0.3) is 0 Å². The van der Waals surface area contributed by atoms with Gasteiger partial charge in [0, 0.05) is 24.0 Å². The SMILES string of the molecule is N#Cc1cc(NCc2cnn3ccccc23)ccc1F. The second kappa shape index (κ2) is 5.02. The zero-order valence-corrected chi connectivity index (χ0v) is 10.5. The Bertz CT molecular complexity index is 801. The van der Waals surface area contributed by atoms with Crippen molar-refractivity contribution < 1.29 is 4.39 Å². The van der Waals surface area contributed by atoms with Crippen molar-refractivity contribution in [2.24, 2.45) is 0 Å². The first-order chi connectivity index (χ1) is 9.78. The molecule has 2 heterocycles. The van der Waals surface area contributed by atoms with Crippen molar-refractivity contribution in [1.82, 2.24) is 9.61 Å². The van der Waals surface area contributed by atoms with Crippen molar-refractivity contribution in [3.05, 3.63) is 65.7 Å². The van der Waals surface area contributed by atoms with Gasteiger partial charge >= 0.3 is 0 Å². The number of pyridine rings is 1. The second-order valence-electron chi connectivity index (χ2n) is 4.36. The molecule has 1 N–H and O–H groups in total. The Morgan fingerprint density at radius 1 is 1.30 bits per heavy atom. The summed E-state index contributed by atoms with van der Waals surface area (Å²) < 4.78 is 15.0. The number of nitrogens with zero attached hydrogens (tertiary/aromatic N) is 3. The Morgan fingerprint density at radius 2 is 2.20 bits per heavy atom. The van der Waals surface area contributed by atoms with Gasteiger partial charge in [0.15, 0.2) is 0 Å². The first-order valence-electron chi connectivity index (χ1n) is 6.13. The number of hydrogen-bond donors (Lipinski definition) is 1. The number of benzene rings is 1. The average Bonchev–Trinajstić information content (AvgIpc) is 2.90. The third-order valence-electron chi connectivity index (χ3n) is 3.08. The summed E-state index contributed by atoms with van der Waals surface area (Å²) in [5.41, 5.74) is 2.80. The fourth-order valence-corrected chi connectivity index (χ4v) is 2.04. The van der Waals surface area contributed by atoms with Crippen LogP contribution in [0.25, 0.3) is 5.52 Å². The van der Waals surface area contributed by atoms with Gasteiger partial charge in [-0.05, 0) is 30.3 Å². The summed E-state index contributed by atoms with van der Waals surface area (Å²) in [7, 11) is 0. The number of nitrogens with one attached hydrogen (secondary N) is 1. The zero-order valence-electron chi connectivity index (χ0n) is 10.5. The van der Waals surface area contributed by atoms with Crippen LogP contribution in [-0.4, -0.2) is 9.61 Å². The van der Waals surface area contributed by atoms with E-state index in [1.54, 1.807) is 16.8 Å². The van der Waals surface area contributed by atoms with Gasteiger partial charge in [-0.15, -0.1) is 0 Å². The molecule has 0 radical (unpaired) electrons. The maximum absolute atomic E-state index is 13.2. The molecule has 0 bridgehead atoms. The maximum Gasteiger partial charge on any atom is 0.141 e. The van der Waals surface area contributed by atoms with Crippen LogP contribution in [-0.2, 0) is 6.54 Å². The molecule has 0 saturated heterocycles. The predicted molar refractivity (Wildman–Crippen MR) is 73.6 cm³/mol. The van der Waals surface area contributed by atoms with E-state index in [-0.39, 0.29) is 5.56 Å². The zero-order chi connectivity index (χ0) is 13.9. The van der Waals surface area contributed by atoms with Gasteiger partial charge in [-0.25, -0.2) is 8.91 Å². The quantitative estimate of drug-likeness (QED) is 0.793. The number of rotatable bonds is 3. The first-order valence-corrected chi connectivity index (χ1v) is 6.13. The van der Waals surface area contributed by atoms with Crippen LogP contribution < -0.4 is 5.32 Å². The molecule has 0 spiro atoms. The highest BCUT2D eigenvalue weighted by atomic mass is 19.1. The van der Waals surface area contributed by atoms with E-state index in [0.717, 1.165) is 11.1 Å². The summed E-state index contributed by atoms with van der Waals surface area (Å²) in [5, 5.41) is 16.2. The van der Waals surface area contributed by atoms with E-state index in [2.05, 4.69) is 10.4 Å². The highest BCUT2D eigenvalue weighted by Gasteiger charge is 2.05. The van der Waals surface area contributed by atoms with Crippen LogP contribution >= 0.6 is 0 Å². The molecular formula is C15H11FN4.